The first-order valence-corrected chi connectivity index (χ1v) is 9.13. The Morgan fingerprint density at radius 3 is 2.55 bits per heavy atom. The van der Waals surface area contributed by atoms with Crippen molar-refractivity contribution in [1.82, 2.24) is 4.90 Å². The summed E-state index contributed by atoms with van der Waals surface area (Å²) in [6, 6.07) is 19.2. The van der Waals surface area contributed by atoms with Crippen molar-refractivity contribution in [1.29, 1.82) is 0 Å². The zero-order chi connectivity index (χ0) is 20.5. The molecule has 0 saturated heterocycles. The molecule has 29 heavy (non-hydrogen) atoms. The van der Waals surface area contributed by atoms with Crippen molar-refractivity contribution in [3.63, 3.8) is 0 Å². The third-order valence-corrected chi connectivity index (χ3v) is 5.01. The predicted octanol–water partition coefficient (Wildman–Crippen LogP) is 4.38. The maximum Gasteiger partial charge on any atom is 0.311 e. The molecule has 1 amide bonds. The molecule has 1 aliphatic heterocycles. The van der Waals surface area contributed by atoms with E-state index in [2.05, 4.69) is 5.32 Å². The standard InChI is InChI=1S/C22H19N3O4/c1-14-6-8-15(9-7-14)13-24-21(16-10-11-20(26)19(12-16)25(28)29)23-18-5-3-2-4-17(18)22(24)27/h2-12,21,23,26H,13H2,1H3/t21-/m0/s1. The molecule has 0 aliphatic carbocycles. The number of fused-ring (bicyclic) bond motifs is 1. The number of phenolic OH excluding ortho intramolecular Hbond substituents is 1. The average Bonchev–Trinajstić information content (AvgIpc) is 2.72. The Morgan fingerprint density at radius 1 is 1.10 bits per heavy atom. The summed E-state index contributed by atoms with van der Waals surface area (Å²) >= 11 is 0. The number of anilines is 1. The molecule has 0 bridgehead atoms. The minimum Gasteiger partial charge on any atom is -0.502 e. The highest BCUT2D eigenvalue weighted by Gasteiger charge is 2.33. The second-order valence-electron chi connectivity index (χ2n) is 7.02. The number of nitro benzene ring substituents is 1. The van der Waals surface area contributed by atoms with Crippen LogP contribution in [-0.2, 0) is 6.54 Å². The van der Waals surface area contributed by atoms with Crippen LogP contribution in [-0.4, -0.2) is 20.8 Å². The van der Waals surface area contributed by atoms with Gasteiger partial charge in [0.25, 0.3) is 5.91 Å². The molecule has 0 spiro atoms. The van der Waals surface area contributed by atoms with Gasteiger partial charge in [-0.15, -0.1) is 0 Å². The van der Waals surface area contributed by atoms with Gasteiger partial charge in [0.15, 0.2) is 5.75 Å². The summed E-state index contributed by atoms with van der Waals surface area (Å²) in [6.45, 7) is 2.33. The van der Waals surface area contributed by atoms with E-state index in [0.717, 1.165) is 11.1 Å². The van der Waals surface area contributed by atoms with Crippen molar-refractivity contribution >= 4 is 17.3 Å². The molecule has 3 aromatic rings. The van der Waals surface area contributed by atoms with Crippen LogP contribution in [0, 0.1) is 17.0 Å². The minimum absolute atomic E-state index is 0.166. The molecule has 0 saturated carbocycles. The number of hydrogen-bond donors (Lipinski definition) is 2. The van der Waals surface area contributed by atoms with Gasteiger partial charge < -0.3 is 15.3 Å². The van der Waals surface area contributed by atoms with Gasteiger partial charge in [-0.1, -0.05) is 48.0 Å². The van der Waals surface area contributed by atoms with Gasteiger partial charge in [-0.05, 0) is 30.7 Å². The zero-order valence-electron chi connectivity index (χ0n) is 15.7. The van der Waals surface area contributed by atoms with Crippen LogP contribution in [0.2, 0.25) is 0 Å². The monoisotopic (exact) mass is 389 g/mol. The number of aromatic hydroxyl groups is 1. The van der Waals surface area contributed by atoms with E-state index in [-0.39, 0.29) is 5.91 Å². The van der Waals surface area contributed by atoms with Gasteiger partial charge in [0.1, 0.15) is 6.17 Å². The lowest BCUT2D eigenvalue weighted by Crippen LogP contribution is -2.42. The molecule has 4 rings (SSSR count). The van der Waals surface area contributed by atoms with Crippen molar-refractivity contribution < 1.29 is 14.8 Å². The molecule has 7 nitrogen and oxygen atoms in total. The Kier molecular flexibility index (Phi) is 4.64. The lowest BCUT2D eigenvalue weighted by atomic mass is 10.0. The van der Waals surface area contributed by atoms with E-state index >= 15 is 0 Å². The van der Waals surface area contributed by atoms with Gasteiger partial charge in [0.2, 0.25) is 0 Å². The van der Waals surface area contributed by atoms with Crippen molar-refractivity contribution in [2.75, 3.05) is 5.32 Å². The number of nitro groups is 1. The number of para-hydroxylation sites is 1. The first kappa shape index (κ1) is 18.5. The van der Waals surface area contributed by atoms with E-state index in [0.29, 0.717) is 23.4 Å². The van der Waals surface area contributed by atoms with E-state index in [1.807, 2.05) is 37.3 Å². The third-order valence-electron chi connectivity index (χ3n) is 5.01. The molecular weight excluding hydrogens is 370 g/mol. The first-order valence-electron chi connectivity index (χ1n) is 9.13. The molecule has 3 aromatic carbocycles. The largest absolute Gasteiger partial charge is 0.502 e. The Bertz CT molecular complexity index is 1100. The van der Waals surface area contributed by atoms with E-state index in [9.17, 15) is 20.0 Å². The Morgan fingerprint density at radius 2 is 1.83 bits per heavy atom. The number of benzene rings is 3. The van der Waals surface area contributed by atoms with Gasteiger partial charge in [-0.2, -0.15) is 0 Å². The number of carbonyl (C=O) groups is 1. The number of aryl methyl sites for hydroxylation is 1. The van der Waals surface area contributed by atoms with E-state index in [4.69, 9.17) is 0 Å². The smallest absolute Gasteiger partial charge is 0.311 e. The normalized spacial score (nSPS) is 15.6. The molecular formula is C22H19N3O4. The van der Waals surface area contributed by atoms with Gasteiger partial charge in [-0.25, -0.2) is 0 Å². The maximum atomic E-state index is 13.3. The Hall–Kier alpha value is -3.87. The summed E-state index contributed by atoms with van der Waals surface area (Å²) in [5.41, 5.74) is 3.40. The van der Waals surface area contributed by atoms with Crippen LogP contribution in [0.5, 0.6) is 5.75 Å². The number of amides is 1. The number of phenols is 1. The van der Waals surface area contributed by atoms with Gasteiger partial charge >= 0.3 is 5.69 Å². The van der Waals surface area contributed by atoms with Gasteiger partial charge in [0, 0.05) is 23.9 Å². The molecule has 0 fully saturated rings. The summed E-state index contributed by atoms with van der Waals surface area (Å²) in [7, 11) is 0. The summed E-state index contributed by atoms with van der Waals surface area (Å²) in [5, 5.41) is 24.4. The van der Waals surface area contributed by atoms with Crippen LogP contribution in [0.15, 0.2) is 66.7 Å². The molecule has 0 aromatic heterocycles. The molecule has 0 radical (unpaired) electrons. The first-order chi connectivity index (χ1) is 13.9. The molecule has 146 valence electrons. The van der Waals surface area contributed by atoms with Gasteiger partial charge in [-0.3, -0.25) is 14.9 Å². The molecule has 1 atom stereocenters. The molecule has 1 heterocycles. The van der Waals surface area contributed by atoms with Crippen molar-refractivity contribution in [2.45, 2.75) is 19.6 Å². The van der Waals surface area contributed by atoms with Crippen LogP contribution in [0.3, 0.4) is 0 Å². The quantitative estimate of drug-likeness (QED) is 0.510. The second-order valence-corrected chi connectivity index (χ2v) is 7.02. The van der Waals surface area contributed by atoms with Crippen LogP contribution in [0.1, 0.15) is 33.2 Å². The summed E-state index contributed by atoms with van der Waals surface area (Å²) in [5.74, 6) is -0.577. The van der Waals surface area contributed by atoms with E-state index in [1.54, 1.807) is 29.2 Å². The highest BCUT2D eigenvalue weighted by atomic mass is 16.6. The fourth-order valence-electron chi connectivity index (χ4n) is 3.47. The zero-order valence-corrected chi connectivity index (χ0v) is 15.7. The summed E-state index contributed by atoms with van der Waals surface area (Å²) < 4.78 is 0. The lowest BCUT2D eigenvalue weighted by Gasteiger charge is -2.38. The number of carbonyl (C=O) groups excluding carboxylic acids is 1. The average molecular weight is 389 g/mol. The van der Waals surface area contributed by atoms with Crippen molar-refractivity contribution in [3.05, 3.63) is 99.1 Å². The highest BCUT2D eigenvalue weighted by Crippen LogP contribution is 2.37. The molecule has 7 heteroatoms. The Labute approximate surface area is 167 Å². The van der Waals surface area contributed by atoms with Crippen molar-refractivity contribution in [2.24, 2.45) is 0 Å². The number of rotatable bonds is 4. The number of nitrogens with zero attached hydrogens (tertiary/aromatic N) is 2. The minimum atomic E-state index is -0.637. The molecule has 2 N–H and O–H groups in total. The van der Waals surface area contributed by atoms with Crippen molar-refractivity contribution in [3.8, 4) is 5.75 Å². The SMILES string of the molecule is Cc1ccc(CN2C(=O)c3ccccc3N[C@@H]2c2ccc(O)c([N+](=O)[O-])c2)cc1. The van der Waals surface area contributed by atoms with Gasteiger partial charge in [0.05, 0.1) is 10.5 Å². The second kappa shape index (κ2) is 7.27. The predicted molar refractivity (Wildman–Crippen MR) is 109 cm³/mol. The number of hydrogen-bond acceptors (Lipinski definition) is 5. The van der Waals surface area contributed by atoms with E-state index in [1.165, 1.54) is 12.1 Å². The molecule has 0 unspecified atom stereocenters. The highest BCUT2D eigenvalue weighted by molar-refractivity contribution is 6.01. The van der Waals surface area contributed by atoms with Crippen LogP contribution in [0.25, 0.3) is 0 Å². The van der Waals surface area contributed by atoms with Crippen LogP contribution in [0.4, 0.5) is 11.4 Å². The number of nitrogens with one attached hydrogen (secondary N) is 1. The summed E-state index contributed by atoms with van der Waals surface area (Å²) in [6.07, 6.45) is -0.613. The Balaban J connectivity index is 1.78. The maximum absolute atomic E-state index is 13.3. The molecule has 1 aliphatic rings. The fraction of sp³-hybridized carbons (Fsp3) is 0.136. The topological polar surface area (TPSA) is 95.7 Å². The lowest BCUT2D eigenvalue weighted by molar-refractivity contribution is -0.385. The van der Waals surface area contributed by atoms with Crippen LogP contribution < -0.4 is 5.32 Å². The summed E-state index contributed by atoms with van der Waals surface area (Å²) in [4.78, 5) is 25.5. The third kappa shape index (κ3) is 3.50. The van der Waals surface area contributed by atoms with E-state index < -0.39 is 22.5 Å². The van der Waals surface area contributed by atoms with Crippen LogP contribution >= 0.6 is 0 Å². The fourth-order valence-corrected chi connectivity index (χ4v) is 3.47.